The third-order valence-electron chi connectivity index (χ3n) is 4.70. The van der Waals surface area contributed by atoms with Gasteiger partial charge in [-0.3, -0.25) is 9.69 Å². The third-order valence-corrected chi connectivity index (χ3v) is 4.70. The van der Waals surface area contributed by atoms with Crippen LogP contribution in [0.5, 0.6) is 0 Å². The van der Waals surface area contributed by atoms with Crippen molar-refractivity contribution >= 4 is 11.5 Å². The number of rotatable bonds is 5. The van der Waals surface area contributed by atoms with E-state index in [4.69, 9.17) is 4.52 Å². The summed E-state index contributed by atoms with van der Waals surface area (Å²) in [5.41, 5.74) is 2.26. The molecule has 0 amide bonds. The average molecular weight is 347 g/mol. The highest BCUT2D eigenvalue weighted by molar-refractivity contribution is 6.07. The van der Waals surface area contributed by atoms with Gasteiger partial charge >= 0.3 is 0 Å². The van der Waals surface area contributed by atoms with Crippen molar-refractivity contribution in [2.45, 2.75) is 6.54 Å². The molecule has 5 heteroatoms. The minimum absolute atomic E-state index is 0.102. The summed E-state index contributed by atoms with van der Waals surface area (Å²) in [7, 11) is 0. The van der Waals surface area contributed by atoms with E-state index in [-0.39, 0.29) is 5.78 Å². The molecule has 1 saturated heterocycles. The maximum absolute atomic E-state index is 12.4. The first-order valence-electron chi connectivity index (χ1n) is 8.87. The zero-order chi connectivity index (χ0) is 17.8. The normalized spacial score (nSPS) is 15.2. The van der Waals surface area contributed by atoms with E-state index in [0.717, 1.165) is 31.9 Å². The van der Waals surface area contributed by atoms with Crippen LogP contribution in [-0.2, 0) is 6.54 Å². The van der Waals surface area contributed by atoms with Crippen LogP contribution in [-0.4, -0.2) is 42.0 Å². The number of hydrogen-bond acceptors (Lipinski definition) is 5. The molecular weight excluding hydrogens is 326 g/mol. The van der Waals surface area contributed by atoms with Gasteiger partial charge in [-0.25, -0.2) is 0 Å². The monoisotopic (exact) mass is 347 g/mol. The summed E-state index contributed by atoms with van der Waals surface area (Å²) in [4.78, 5) is 17.1. The average Bonchev–Trinajstić information content (AvgIpc) is 3.18. The van der Waals surface area contributed by atoms with Crippen LogP contribution in [0.4, 0.5) is 5.69 Å². The van der Waals surface area contributed by atoms with Crippen LogP contribution < -0.4 is 4.90 Å². The molecule has 0 spiro atoms. The number of hydrogen-bond donors (Lipinski definition) is 0. The molecule has 1 fully saturated rings. The van der Waals surface area contributed by atoms with Gasteiger partial charge in [0.1, 0.15) is 0 Å². The molecule has 2 aromatic carbocycles. The van der Waals surface area contributed by atoms with E-state index in [1.165, 1.54) is 5.69 Å². The predicted octanol–water partition coefficient (Wildman–Crippen LogP) is 3.23. The Labute approximate surface area is 152 Å². The molecule has 5 nitrogen and oxygen atoms in total. The number of benzene rings is 2. The Morgan fingerprint density at radius 1 is 0.923 bits per heavy atom. The number of anilines is 1. The fourth-order valence-corrected chi connectivity index (χ4v) is 3.26. The molecule has 0 saturated carbocycles. The quantitative estimate of drug-likeness (QED) is 0.663. The Balaban J connectivity index is 1.35. The smallest absolute Gasteiger partial charge is 0.214 e. The Morgan fingerprint density at radius 2 is 1.58 bits per heavy atom. The molecule has 0 atom stereocenters. The van der Waals surface area contributed by atoms with Gasteiger partial charge in [0.25, 0.3) is 0 Å². The van der Waals surface area contributed by atoms with E-state index in [9.17, 15) is 4.79 Å². The van der Waals surface area contributed by atoms with Crippen LogP contribution in [0.2, 0.25) is 0 Å². The summed E-state index contributed by atoms with van der Waals surface area (Å²) in [5.74, 6) is 0.631. The van der Waals surface area contributed by atoms with Crippen LogP contribution >= 0.6 is 0 Å². The van der Waals surface area contributed by atoms with Gasteiger partial charge in [0.2, 0.25) is 5.78 Å². The molecule has 3 aromatic rings. The molecule has 1 aliphatic heterocycles. The summed E-state index contributed by atoms with van der Waals surface area (Å²) in [6.45, 7) is 4.55. The van der Waals surface area contributed by atoms with E-state index in [1.54, 1.807) is 18.2 Å². The van der Waals surface area contributed by atoms with Crippen molar-refractivity contribution < 1.29 is 9.32 Å². The standard InChI is InChI=1S/C21H21N3O2/c25-21(17-7-3-1-4-8-17)20-15-19(26-22-20)16-23-11-13-24(14-12-23)18-9-5-2-6-10-18/h1-10,15H,11-14,16H2. The van der Waals surface area contributed by atoms with Crippen LogP contribution in [0, 0.1) is 0 Å². The van der Waals surface area contributed by atoms with Crippen molar-refractivity contribution in [2.24, 2.45) is 0 Å². The predicted molar refractivity (Wildman–Crippen MR) is 100 cm³/mol. The molecule has 1 aliphatic rings. The molecule has 4 rings (SSSR count). The third kappa shape index (κ3) is 3.68. The summed E-state index contributed by atoms with van der Waals surface area (Å²) in [6.07, 6.45) is 0. The van der Waals surface area contributed by atoms with Gasteiger partial charge in [0.05, 0.1) is 6.54 Å². The molecule has 0 aliphatic carbocycles. The van der Waals surface area contributed by atoms with Crippen molar-refractivity contribution in [3.05, 3.63) is 83.7 Å². The van der Waals surface area contributed by atoms with E-state index in [0.29, 0.717) is 17.8 Å². The molecule has 0 bridgehead atoms. The van der Waals surface area contributed by atoms with Crippen LogP contribution in [0.1, 0.15) is 21.8 Å². The van der Waals surface area contributed by atoms with Crippen LogP contribution in [0.3, 0.4) is 0 Å². The van der Waals surface area contributed by atoms with E-state index in [2.05, 4.69) is 39.2 Å². The van der Waals surface area contributed by atoms with Crippen molar-refractivity contribution in [3.8, 4) is 0 Å². The minimum atomic E-state index is -0.102. The van der Waals surface area contributed by atoms with Crippen molar-refractivity contribution in [3.63, 3.8) is 0 Å². The topological polar surface area (TPSA) is 49.6 Å². The molecule has 132 valence electrons. The Bertz CT molecular complexity index is 853. The fourth-order valence-electron chi connectivity index (χ4n) is 3.26. The zero-order valence-electron chi connectivity index (χ0n) is 14.5. The second-order valence-corrected chi connectivity index (χ2v) is 6.47. The number of carbonyl (C=O) groups is 1. The highest BCUT2D eigenvalue weighted by atomic mass is 16.5. The van der Waals surface area contributed by atoms with Gasteiger partial charge in [-0.05, 0) is 12.1 Å². The van der Waals surface area contributed by atoms with E-state index >= 15 is 0 Å². The minimum Gasteiger partial charge on any atom is -0.369 e. The lowest BCUT2D eigenvalue weighted by molar-refractivity contribution is 0.103. The molecular formula is C21H21N3O2. The molecule has 0 N–H and O–H groups in total. The summed E-state index contributed by atoms with van der Waals surface area (Å²) in [6, 6.07) is 21.4. The maximum atomic E-state index is 12.4. The molecule has 1 aromatic heterocycles. The van der Waals surface area contributed by atoms with E-state index < -0.39 is 0 Å². The SMILES string of the molecule is O=C(c1ccccc1)c1cc(CN2CCN(c3ccccc3)CC2)on1. The largest absolute Gasteiger partial charge is 0.369 e. The lowest BCUT2D eigenvalue weighted by Crippen LogP contribution is -2.45. The van der Waals surface area contributed by atoms with Gasteiger partial charge in [0, 0.05) is 43.5 Å². The van der Waals surface area contributed by atoms with Gasteiger partial charge in [-0.15, -0.1) is 0 Å². The molecule has 0 radical (unpaired) electrons. The first-order valence-corrected chi connectivity index (χ1v) is 8.87. The molecule has 0 unspecified atom stereocenters. The highest BCUT2D eigenvalue weighted by Gasteiger charge is 2.20. The van der Waals surface area contributed by atoms with Crippen molar-refractivity contribution in [1.29, 1.82) is 0 Å². The van der Waals surface area contributed by atoms with Crippen molar-refractivity contribution in [1.82, 2.24) is 10.1 Å². The Kier molecular flexibility index (Phi) is 4.80. The number of nitrogens with zero attached hydrogens (tertiary/aromatic N) is 3. The first-order chi connectivity index (χ1) is 12.8. The second kappa shape index (κ2) is 7.54. The maximum Gasteiger partial charge on any atom is 0.214 e. The number of para-hydroxylation sites is 1. The molecule has 2 heterocycles. The number of carbonyl (C=O) groups excluding carboxylic acids is 1. The highest BCUT2D eigenvalue weighted by Crippen LogP contribution is 2.17. The second-order valence-electron chi connectivity index (χ2n) is 6.47. The number of ketones is 1. The summed E-state index contributed by atoms with van der Waals surface area (Å²) in [5, 5.41) is 3.96. The fraction of sp³-hybridized carbons (Fsp3) is 0.238. The van der Waals surface area contributed by atoms with Crippen LogP contribution in [0.15, 0.2) is 71.3 Å². The first kappa shape index (κ1) is 16.5. The zero-order valence-corrected chi connectivity index (χ0v) is 14.5. The Hall–Kier alpha value is -2.92. The molecule has 26 heavy (non-hydrogen) atoms. The van der Waals surface area contributed by atoms with Gasteiger partial charge in [0.15, 0.2) is 11.5 Å². The van der Waals surface area contributed by atoms with Gasteiger partial charge in [-0.1, -0.05) is 53.7 Å². The number of piperazine rings is 1. The van der Waals surface area contributed by atoms with Crippen molar-refractivity contribution in [2.75, 3.05) is 31.1 Å². The van der Waals surface area contributed by atoms with E-state index in [1.807, 2.05) is 24.3 Å². The summed E-state index contributed by atoms with van der Waals surface area (Å²) < 4.78 is 5.40. The van der Waals surface area contributed by atoms with Gasteiger partial charge < -0.3 is 9.42 Å². The summed E-state index contributed by atoms with van der Waals surface area (Å²) >= 11 is 0. The lowest BCUT2D eigenvalue weighted by Gasteiger charge is -2.35. The van der Waals surface area contributed by atoms with Gasteiger partial charge in [-0.2, -0.15) is 0 Å². The Morgan fingerprint density at radius 3 is 2.27 bits per heavy atom. The van der Waals surface area contributed by atoms with Crippen LogP contribution in [0.25, 0.3) is 0 Å². The lowest BCUT2D eigenvalue weighted by atomic mass is 10.1. The number of aromatic nitrogens is 1.